The average molecular weight is 605 g/mol. The normalized spacial score (nSPS) is 28.6. The van der Waals surface area contributed by atoms with Gasteiger partial charge < -0.3 is 25.0 Å². The minimum Gasteiger partial charge on any atom is -0.493 e. The van der Waals surface area contributed by atoms with E-state index < -0.39 is 23.9 Å². The lowest BCUT2D eigenvalue weighted by atomic mass is 9.81. The summed E-state index contributed by atoms with van der Waals surface area (Å²) in [7, 11) is 0. The molecule has 0 bridgehead atoms. The van der Waals surface area contributed by atoms with Crippen LogP contribution >= 0.6 is 0 Å². The first kappa shape index (κ1) is 31.6. The van der Waals surface area contributed by atoms with Gasteiger partial charge in [-0.25, -0.2) is 8.78 Å². The molecule has 238 valence electrons. The van der Waals surface area contributed by atoms with Crippen LogP contribution in [0.5, 0.6) is 5.75 Å². The SMILES string of the molecule is CCO[C@@H]1C[C@@H]2CN(C(=O)[C@@H](NC(=O)[C@H](C)CC)C3CCC(F)(F)CC3)[C@H](C(=O)N[C@@H]3CCOc4ccccc43)CN2C1. The fourth-order valence-corrected chi connectivity index (χ4v) is 7.05. The van der Waals surface area contributed by atoms with Gasteiger partial charge in [0.2, 0.25) is 23.6 Å². The van der Waals surface area contributed by atoms with E-state index in [-0.39, 0.29) is 67.5 Å². The number of para-hydroxylation sites is 1. The molecule has 3 fully saturated rings. The number of halogens is 2. The number of benzene rings is 1. The number of amides is 3. The van der Waals surface area contributed by atoms with Gasteiger partial charge in [-0.15, -0.1) is 0 Å². The van der Waals surface area contributed by atoms with Crippen molar-refractivity contribution in [2.75, 3.05) is 32.8 Å². The van der Waals surface area contributed by atoms with Crippen molar-refractivity contribution >= 4 is 17.7 Å². The number of nitrogens with one attached hydrogen (secondary N) is 2. The number of carbonyl (C=O) groups is 3. The van der Waals surface area contributed by atoms with Crippen LogP contribution in [0.4, 0.5) is 8.78 Å². The lowest BCUT2D eigenvalue weighted by Crippen LogP contribution is -2.66. The number of ether oxygens (including phenoxy) is 2. The quantitative estimate of drug-likeness (QED) is 0.446. The molecule has 3 aliphatic heterocycles. The van der Waals surface area contributed by atoms with Crippen LogP contribution in [-0.2, 0) is 19.1 Å². The maximum absolute atomic E-state index is 14.5. The van der Waals surface area contributed by atoms with Crippen molar-refractivity contribution < 1.29 is 32.6 Å². The smallest absolute Gasteiger partial charge is 0.248 e. The molecule has 1 saturated carbocycles. The predicted octanol–water partition coefficient (Wildman–Crippen LogP) is 3.67. The molecule has 6 atom stereocenters. The number of carbonyl (C=O) groups excluding carboxylic acids is 3. The molecule has 11 heteroatoms. The predicted molar refractivity (Wildman–Crippen MR) is 157 cm³/mol. The maximum Gasteiger partial charge on any atom is 0.248 e. The number of fused-ring (bicyclic) bond motifs is 2. The third-order valence-corrected chi connectivity index (χ3v) is 9.80. The lowest BCUT2D eigenvalue weighted by molar-refractivity contribution is -0.150. The molecule has 1 aliphatic carbocycles. The third kappa shape index (κ3) is 7.14. The number of piperazine rings is 1. The highest BCUT2D eigenvalue weighted by molar-refractivity contribution is 5.93. The zero-order chi connectivity index (χ0) is 30.7. The topological polar surface area (TPSA) is 100 Å². The van der Waals surface area contributed by atoms with Crippen molar-refractivity contribution in [3.05, 3.63) is 29.8 Å². The van der Waals surface area contributed by atoms with Gasteiger partial charge in [0.1, 0.15) is 17.8 Å². The van der Waals surface area contributed by atoms with E-state index in [4.69, 9.17) is 9.47 Å². The Balaban J connectivity index is 1.41. The Morgan fingerprint density at radius 1 is 1.09 bits per heavy atom. The Morgan fingerprint density at radius 3 is 2.56 bits per heavy atom. The molecule has 0 spiro atoms. The number of hydrogen-bond acceptors (Lipinski definition) is 6. The number of hydrogen-bond donors (Lipinski definition) is 2. The molecule has 4 aliphatic rings. The highest BCUT2D eigenvalue weighted by atomic mass is 19.3. The molecule has 2 N–H and O–H groups in total. The van der Waals surface area contributed by atoms with Gasteiger partial charge in [-0.05, 0) is 44.6 Å². The Bertz CT molecular complexity index is 1160. The molecule has 2 saturated heterocycles. The van der Waals surface area contributed by atoms with E-state index in [9.17, 15) is 23.2 Å². The summed E-state index contributed by atoms with van der Waals surface area (Å²) in [5.41, 5.74) is 0.896. The van der Waals surface area contributed by atoms with Crippen LogP contribution in [0.2, 0.25) is 0 Å². The highest BCUT2D eigenvalue weighted by Crippen LogP contribution is 2.39. The summed E-state index contributed by atoms with van der Waals surface area (Å²) in [5.74, 6) is -3.69. The first-order valence-electron chi connectivity index (χ1n) is 16.0. The first-order valence-corrected chi connectivity index (χ1v) is 16.0. The second-order valence-corrected chi connectivity index (χ2v) is 12.7. The zero-order valence-corrected chi connectivity index (χ0v) is 25.5. The monoisotopic (exact) mass is 604 g/mol. The number of rotatable bonds is 9. The molecule has 0 unspecified atom stereocenters. The molecule has 5 rings (SSSR count). The Morgan fingerprint density at radius 2 is 1.84 bits per heavy atom. The van der Waals surface area contributed by atoms with E-state index in [1.807, 2.05) is 38.1 Å². The molecule has 3 amide bonds. The second-order valence-electron chi connectivity index (χ2n) is 12.7. The molecular formula is C32H46F2N4O5. The molecule has 9 nitrogen and oxygen atoms in total. The van der Waals surface area contributed by atoms with Crippen molar-refractivity contribution in [2.24, 2.45) is 11.8 Å². The van der Waals surface area contributed by atoms with Crippen molar-refractivity contribution in [1.82, 2.24) is 20.4 Å². The van der Waals surface area contributed by atoms with Gasteiger partial charge >= 0.3 is 0 Å². The highest BCUT2D eigenvalue weighted by Gasteiger charge is 2.48. The molecular weight excluding hydrogens is 558 g/mol. The third-order valence-electron chi connectivity index (χ3n) is 9.80. The van der Waals surface area contributed by atoms with E-state index in [1.54, 1.807) is 11.8 Å². The maximum atomic E-state index is 14.5. The molecule has 1 aromatic rings. The van der Waals surface area contributed by atoms with Gasteiger partial charge in [0.05, 0.1) is 18.8 Å². The largest absolute Gasteiger partial charge is 0.493 e. The van der Waals surface area contributed by atoms with E-state index in [0.717, 1.165) is 17.7 Å². The summed E-state index contributed by atoms with van der Waals surface area (Å²) in [5, 5.41) is 6.13. The standard InChI is InChI=1S/C32H46F2N4O5/c1-4-20(3)29(39)36-28(21-10-13-32(33,34)14-11-21)31(41)38-17-22-16-23(42-5-2)18-37(22)19-26(38)30(40)35-25-12-15-43-27-9-7-6-8-24(25)27/h6-9,20-23,25-26,28H,4-5,10-19H2,1-3H3,(H,35,40)(H,36,39)/t20-,22-,23-,25-,26+,28+/m1/s1. The van der Waals surface area contributed by atoms with E-state index in [1.165, 1.54) is 0 Å². The van der Waals surface area contributed by atoms with Crippen LogP contribution in [0, 0.1) is 11.8 Å². The lowest BCUT2D eigenvalue weighted by Gasteiger charge is -2.45. The Hall–Kier alpha value is -2.79. The van der Waals surface area contributed by atoms with Crippen LogP contribution in [0.15, 0.2) is 24.3 Å². The fraction of sp³-hybridized carbons (Fsp3) is 0.719. The summed E-state index contributed by atoms with van der Waals surface area (Å²) in [6.07, 6.45) is 1.57. The zero-order valence-electron chi connectivity index (χ0n) is 25.5. The van der Waals surface area contributed by atoms with Crippen LogP contribution in [0.1, 0.15) is 77.3 Å². The summed E-state index contributed by atoms with van der Waals surface area (Å²) in [4.78, 5) is 45.5. The first-order chi connectivity index (χ1) is 20.6. The van der Waals surface area contributed by atoms with Crippen LogP contribution in [0.3, 0.4) is 0 Å². The molecule has 0 aromatic heterocycles. The van der Waals surface area contributed by atoms with Gasteiger partial charge in [0, 0.05) is 63.0 Å². The van der Waals surface area contributed by atoms with Gasteiger partial charge in [-0.2, -0.15) is 0 Å². The van der Waals surface area contributed by atoms with Crippen LogP contribution < -0.4 is 15.4 Å². The van der Waals surface area contributed by atoms with Crippen molar-refractivity contribution in [2.45, 2.75) is 102 Å². The van der Waals surface area contributed by atoms with E-state index >= 15 is 0 Å². The van der Waals surface area contributed by atoms with Gasteiger partial charge in [-0.3, -0.25) is 19.3 Å². The van der Waals surface area contributed by atoms with E-state index in [2.05, 4.69) is 15.5 Å². The summed E-state index contributed by atoms with van der Waals surface area (Å²) < 4.78 is 39.9. The Kier molecular flexibility index (Phi) is 9.90. The second kappa shape index (κ2) is 13.5. The van der Waals surface area contributed by atoms with Gasteiger partial charge in [0.15, 0.2) is 0 Å². The molecule has 0 radical (unpaired) electrons. The summed E-state index contributed by atoms with van der Waals surface area (Å²) in [6, 6.07) is 5.60. The molecule has 1 aromatic carbocycles. The number of nitrogens with zero attached hydrogens (tertiary/aromatic N) is 2. The van der Waals surface area contributed by atoms with Crippen LogP contribution in [0.25, 0.3) is 0 Å². The Labute approximate surface area is 253 Å². The van der Waals surface area contributed by atoms with Gasteiger partial charge in [-0.1, -0.05) is 32.0 Å². The molecule has 43 heavy (non-hydrogen) atoms. The summed E-state index contributed by atoms with van der Waals surface area (Å²) >= 11 is 0. The van der Waals surface area contributed by atoms with Crippen molar-refractivity contribution in [3.8, 4) is 5.75 Å². The van der Waals surface area contributed by atoms with Crippen molar-refractivity contribution in [1.29, 1.82) is 0 Å². The minimum absolute atomic E-state index is 0.00922. The van der Waals surface area contributed by atoms with Gasteiger partial charge in [0.25, 0.3) is 0 Å². The number of alkyl halides is 2. The minimum atomic E-state index is -2.77. The molecule has 3 heterocycles. The average Bonchev–Trinajstić information content (AvgIpc) is 3.40. The van der Waals surface area contributed by atoms with Crippen molar-refractivity contribution in [3.63, 3.8) is 0 Å². The summed E-state index contributed by atoms with van der Waals surface area (Å²) in [6.45, 7) is 8.01. The van der Waals surface area contributed by atoms with E-state index in [0.29, 0.717) is 45.7 Å². The fourth-order valence-electron chi connectivity index (χ4n) is 7.05. The van der Waals surface area contributed by atoms with Crippen LogP contribution in [-0.4, -0.2) is 90.5 Å².